The van der Waals surface area contributed by atoms with Crippen molar-refractivity contribution in [3.8, 4) is 11.5 Å². The molecule has 1 aliphatic rings. The lowest BCUT2D eigenvalue weighted by atomic mass is 9.96. The van der Waals surface area contributed by atoms with E-state index >= 15 is 0 Å². The van der Waals surface area contributed by atoms with E-state index in [4.69, 9.17) is 30.5 Å². The molecule has 1 aromatic heterocycles. The van der Waals surface area contributed by atoms with Crippen LogP contribution in [0.4, 0.5) is 0 Å². The standard InChI is InChI=1S/C29H29ClN2O7S/c1-6-37-24(33)15-38-21-12-11-18(13-22(21)36-5)14-23-27(34)32-26(19-9-7-8-10-20(19)30)25(28(35)39-16(2)3)17(4)31-29(32)40-23/h7-14,16,26H,6,15H2,1-5H3. The van der Waals surface area contributed by atoms with Gasteiger partial charge in [0, 0.05) is 5.02 Å². The van der Waals surface area contributed by atoms with Gasteiger partial charge in [0.2, 0.25) is 0 Å². The second kappa shape index (κ2) is 12.5. The maximum atomic E-state index is 13.8. The molecule has 3 aromatic rings. The summed E-state index contributed by atoms with van der Waals surface area (Å²) in [5.74, 6) is -0.306. The molecule has 0 N–H and O–H groups in total. The molecule has 2 aromatic carbocycles. The molecular weight excluding hydrogens is 556 g/mol. The summed E-state index contributed by atoms with van der Waals surface area (Å²) in [6.45, 7) is 6.95. The summed E-state index contributed by atoms with van der Waals surface area (Å²) in [4.78, 5) is 43.7. The van der Waals surface area contributed by atoms with Crippen LogP contribution in [0.25, 0.3) is 6.08 Å². The van der Waals surface area contributed by atoms with Crippen LogP contribution >= 0.6 is 22.9 Å². The van der Waals surface area contributed by atoms with Crippen LogP contribution < -0.4 is 24.4 Å². The summed E-state index contributed by atoms with van der Waals surface area (Å²) in [7, 11) is 1.48. The number of halogens is 1. The molecule has 0 radical (unpaired) electrons. The predicted octanol–water partition coefficient (Wildman–Crippen LogP) is 3.79. The Morgan fingerprint density at radius 1 is 1.18 bits per heavy atom. The Kier molecular flexibility index (Phi) is 9.11. The van der Waals surface area contributed by atoms with E-state index in [1.165, 1.54) is 23.0 Å². The maximum absolute atomic E-state index is 13.8. The highest BCUT2D eigenvalue weighted by Crippen LogP contribution is 2.34. The molecule has 0 spiro atoms. The first kappa shape index (κ1) is 29.1. The molecule has 1 aliphatic heterocycles. The number of carbonyl (C=O) groups excluding carboxylic acids is 2. The van der Waals surface area contributed by atoms with Gasteiger partial charge in [0.15, 0.2) is 22.9 Å². The number of methoxy groups -OCH3 is 1. The zero-order valence-electron chi connectivity index (χ0n) is 22.7. The summed E-state index contributed by atoms with van der Waals surface area (Å²) in [6, 6.07) is 11.4. The molecule has 0 fully saturated rings. The SMILES string of the molecule is CCOC(=O)COc1ccc(C=c2sc3n(c2=O)C(c2ccccc2Cl)C(C(=O)OC(C)C)=C(C)N=3)cc1OC. The molecule has 0 bridgehead atoms. The van der Waals surface area contributed by atoms with Gasteiger partial charge in [0.05, 0.1) is 35.6 Å². The lowest BCUT2D eigenvalue weighted by molar-refractivity contribution is -0.145. The van der Waals surface area contributed by atoms with Crippen molar-refractivity contribution in [2.75, 3.05) is 20.3 Å². The first-order valence-electron chi connectivity index (χ1n) is 12.6. The van der Waals surface area contributed by atoms with Crippen molar-refractivity contribution in [2.24, 2.45) is 4.99 Å². The van der Waals surface area contributed by atoms with Crippen molar-refractivity contribution >= 4 is 41.0 Å². The minimum Gasteiger partial charge on any atom is -0.493 e. The van der Waals surface area contributed by atoms with Gasteiger partial charge in [-0.1, -0.05) is 47.2 Å². The normalized spacial score (nSPS) is 15.0. The molecule has 4 rings (SSSR count). The monoisotopic (exact) mass is 584 g/mol. The quantitative estimate of drug-likeness (QED) is 0.352. The van der Waals surface area contributed by atoms with Gasteiger partial charge in [0.1, 0.15) is 6.04 Å². The highest BCUT2D eigenvalue weighted by Gasteiger charge is 2.34. The Morgan fingerprint density at radius 3 is 2.60 bits per heavy atom. The number of carbonyl (C=O) groups is 2. The van der Waals surface area contributed by atoms with Crippen LogP contribution in [-0.2, 0) is 19.1 Å². The van der Waals surface area contributed by atoms with E-state index in [1.807, 2.05) is 0 Å². The first-order chi connectivity index (χ1) is 19.1. The van der Waals surface area contributed by atoms with Gasteiger partial charge in [-0.05, 0) is 63.1 Å². The van der Waals surface area contributed by atoms with Gasteiger partial charge in [-0.25, -0.2) is 14.6 Å². The van der Waals surface area contributed by atoms with E-state index in [9.17, 15) is 14.4 Å². The van der Waals surface area contributed by atoms with E-state index in [0.29, 0.717) is 42.7 Å². The average molecular weight is 585 g/mol. The molecule has 11 heteroatoms. The number of hydrogen-bond acceptors (Lipinski definition) is 9. The molecule has 1 atom stereocenters. The van der Waals surface area contributed by atoms with E-state index < -0.39 is 18.0 Å². The highest BCUT2D eigenvalue weighted by molar-refractivity contribution is 7.07. The number of esters is 2. The second-order valence-electron chi connectivity index (χ2n) is 9.06. The van der Waals surface area contributed by atoms with Crippen molar-refractivity contribution in [1.82, 2.24) is 4.57 Å². The summed E-state index contributed by atoms with van der Waals surface area (Å²) in [5, 5.41) is 0.412. The lowest BCUT2D eigenvalue weighted by Gasteiger charge is -2.26. The number of fused-ring (bicyclic) bond motifs is 1. The Balaban J connectivity index is 1.80. The third-order valence-corrected chi connectivity index (χ3v) is 7.25. The minimum atomic E-state index is -0.813. The topological polar surface area (TPSA) is 105 Å². The van der Waals surface area contributed by atoms with E-state index in [-0.39, 0.29) is 30.5 Å². The van der Waals surface area contributed by atoms with Crippen LogP contribution in [0, 0.1) is 0 Å². The number of rotatable bonds is 9. The maximum Gasteiger partial charge on any atom is 0.344 e. The van der Waals surface area contributed by atoms with Gasteiger partial charge in [-0.15, -0.1) is 0 Å². The third kappa shape index (κ3) is 6.13. The zero-order chi connectivity index (χ0) is 29.0. The Labute approximate surface area is 239 Å². The number of allylic oxidation sites excluding steroid dienone is 1. The molecule has 0 aliphatic carbocycles. The van der Waals surface area contributed by atoms with Gasteiger partial charge in [0.25, 0.3) is 5.56 Å². The van der Waals surface area contributed by atoms with Crippen molar-refractivity contribution in [3.63, 3.8) is 0 Å². The van der Waals surface area contributed by atoms with Crippen molar-refractivity contribution in [2.45, 2.75) is 39.8 Å². The van der Waals surface area contributed by atoms with Crippen molar-refractivity contribution in [1.29, 1.82) is 0 Å². The smallest absolute Gasteiger partial charge is 0.344 e. The molecule has 9 nitrogen and oxygen atoms in total. The van der Waals surface area contributed by atoms with Crippen molar-refractivity contribution in [3.05, 3.63) is 89.6 Å². The second-order valence-corrected chi connectivity index (χ2v) is 10.5. The Morgan fingerprint density at radius 2 is 1.93 bits per heavy atom. The number of hydrogen-bond donors (Lipinski definition) is 0. The minimum absolute atomic E-state index is 0.255. The van der Waals surface area contributed by atoms with E-state index in [0.717, 1.165) is 0 Å². The fourth-order valence-electron chi connectivity index (χ4n) is 4.24. The summed E-state index contributed by atoms with van der Waals surface area (Å²) in [6.07, 6.45) is 1.35. The summed E-state index contributed by atoms with van der Waals surface area (Å²) >= 11 is 7.76. The summed E-state index contributed by atoms with van der Waals surface area (Å²) < 4.78 is 23.3. The average Bonchev–Trinajstić information content (AvgIpc) is 3.21. The molecule has 0 amide bonds. The number of nitrogens with zero attached hydrogens (tertiary/aromatic N) is 2. The molecule has 210 valence electrons. The summed E-state index contributed by atoms with van der Waals surface area (Å²) in [5.41, 5.74) is 1.62. The third-order valence-electron chi connectivity index (χ3n) is 5.92. The number of benzene rings is 2. The van der Waals surface area contributed by atoms with Gasteiger partial charge in [-0.3, -0.25) is 9.36 Å². The van der Waals surface area contributed by atoms with Crippen LogP contribution in [0.5, 0.6) is 11.5 Å². The molecular formula is C29H29ClN2O7S. The Hall–Kier alpha value is -3.89. The van der Waals surface area contributed by atoms with Crippen LogP contribution in [0.2, 0.25) is 5.02 Å². The molecule has 2 heterocycles. The highest BCUT2D eigenvalue weighted by atomic mass is 35.5. The number of ether oxygens (including phenoxy) is 4. The Bertz CT molecular complexity index is 1660. The predicted molar refractivity (Wildman–Crippen MR) is 152 cm³/mol. The molecule has 40 heavy (non-hydrogen) atoms. The largest absolute Gasteiger partial charge is 0.493 e. The van der Waals surface area contributed by atoms with Gasteiger partial charge < -0.3 is 18.9 Å². The van der Waals surface area contributed by atoms with Crippen LogP contribution in [-0.4, -0.2) is 42.9 Å². The van der Waals surface area contributed by atoms with Crippen LogP contribution in [0.1, 0.15) is 44.9 Å². The number of thiazole rings is 1. The zero-order valence-corrected chi connectivity index (χ0v) is 24.3. The van der Waals surface area contributed by atoms with Gasteiger partial charge in [-0.2, -0.15) is 0 Å². The van der Waals surface area contributed by atoms with Crippen LogP contribution in [0.15, 0.2) is 63.5 Å². The molecule has 0 saturated carbocycles. The molecule has 0 saturated heterocycles. The first-order valence-corrected chi connectivity index (χ1v) is 13.8. The fraction of sp³-hybridized carbons (Fsp3) is 0.310. The lowest BCUT2D eigenvalue weighted by Crippen LogP contribution is -2.40. The van der Waals surface area contributed by atoms with E-state index in [1.54, 1.807) is 76.2 Å². The van der Waals surface area contributed by atoms with E-state index in [2.05, 4.69) is 4.99 Å². The van der Waals surface area contributed by atoms with Crippen LogP contribution in [0.3, 0.4) is 0 Å². The van der Waals surface area contributed by atoms with Crippen molar-refractivity contribution < 1.29 is 28.5 Å². The fourth-order valence-corrected chi connectivity index (χ4v) is 5.52. The molecule has 1 unspecified atom stereocenters. The number of aromatic nitrogens is 1. The van der Waals surface area contributed by atoms with Gasteiger partial charge >= 0.3 is 11.9 Å².